The van der Waals surface area contributed by atoms with E-state index < -0.39 is 5.79 Å². The minimum absolute atomic E-state index is 0.427. The van der Waals surface area contributed by atoms with Gasteiger partial charge in [0.25, 0.3) is 0 Å². The van der Waals surface area contributed by atoms with Crippen molar-refractivity contribution >= 4 is 5.69 Å². The number of piperidine rings is 1. The summed E-state index contributed by atoms with van der Waals surface area (Å²) in [5, 5.41) is 8.77. The molecule has 0 saturated carbocycles. The second kappa shape index (κ2) is 5.38. The average Bonchev–Trinajstić information content (AvgIpc) is 2.47. The number of anilines is 1. The first-order valence-electron chi connectivity index (χ1n) is 6.08. The first kappa shape index (κ1) is 12.9. The second-order valence-electron chi connectivity index (χ2n) is 4.46. The highest BCUT2D eigenvalue weighted by atomic mass is 16.7. The zero-order chi connectivity index (χ0) is 13.0. The zero-order valence-electron chi connectivity index (χ0n) is 10.8. The number of hydrogen-bond acceptors (Lipinski definition) is 4. The molecule has 1 aromatic rings. The van der Waals surface area contributed by atoms with Crippen LogP contribution >= 0.6 is 0 Å². The molecular formula is C14H18N2O2. The van der Waals surface area contributed by atoms with Gasteiger partial charge in [-0.1, -0.05) is 0 Å². The minimum atomic E-state index is -0.427. The molecule has 0 radical (unpaired) electrons. The van der Waals surface area contributed by atoms with E-state index in [2.05, 4.69) is 11.0 Å². The molecule has 0 bridgehead atoms. The predicted molar refractivity (Wildman–Crippen MR) is 69.4 cm³/mol. The first-order valence-corrected chi connectivity index (χ1v) is 6.08. The van der Waals surface area contributed by atoms with Gasteiger partial charge in [0.2, 0.25) is 0 Å². The van der Waals surface area contributed by atoms with Gasteiger partial charge in [0.05, 0.1) is 11.6 Å². The molecule has 1 heterocycles. The number of nitriles is 1. The molecule has 1 aliphatic heterocycles. The van der Waals surface area contributed by atoms with Gasteiger partial charge >= 0.3 is 0 Å². The van der Waals surface area contributed by atoms with Crippen molar-refractivity contribution in [2.75, 3.05) is 32.2 Å². The summed E-state index contributed by atoms with van der Waals surface area (Å²) in [6.07, 6.45) is 1.69. The molecule has 0 amide bonds. The zero-order valence-corrected chi connectivity index (χ0v) is 10.8. The average molecular weight is 246 g/mol. The van der Waals surface area contributed by atoms with Gasteiger partial charge in [-0.25, -0.2) is 0 Å². The third kappa shape index (κ3) is 2.47. The molecule has 0 spiro atoms. The van der Waals surface area contributed by atoms with Crippen LogP contribution in [0.3, 0.4) is 0 Å². The number of rotatable bonds is 3. The number of methoxy groups -OCH3 is 2. The van der Waals surface area contributed by atoms with E-state index in [-0.39, 0.29) is 0 Å². The summed E-state index contributed by atoms with van der Waals surface area (Å²) in [6.45, 7) is 1.79. The van der Waals surface area contributed by atoms with Crippen LogP contribution in [0, 0.1) is 11.3 Å². The molecule has 0 aromatic heterocycles. The minimum Gasteiger partial charge on any atom is -0.371 e. The van der Waals surface area contributed by atoms with E-state index in [1.54, 1.807) is 14.2 Å². The molecule has 0 aliphatic carbocycles. The summed E-state index contributed by atoms with van der Waals surface area (Å²) in [5.74, 6) is -0.427. The monoisotopic (exact) mass is 246 g/mol. The molecule has 1 aliphatic rings. The lowest BCUT2D eigenvalue weighted by Crippen LogP contribution is -2.46. The fourth-order valence-electron chi connectivity index (χ4n) is 2.34. The molecule has 0 N–H and O–H groups in total. The maximum Gasteiger partial charge on any atom is 0.170 e. The maximum absolute atomic E-state index is 8.77. The Morgan fingerprint density at radius 2 is 1.67 bits per heavy atom. The maximum atomic E-state index is 8.77. The molecule has 1 aromatic carbocycles. The summed E-state index contributed by atoms with van der Waals surface area (Å²) in [6, 6.07) is 9.81. The van der Waals surface area contributed by atoms with Crippen molar-refractivity contribution < 1.29 is 9.47 Å². The van der Waals surface area contributed by atoms with E-state index in [0.717, 1.165) is 31.6 Å². The van der Waals surface area contributed by atoms with Crippen LogP contribution in [-0.2, 0) is 9.47 Å². The van der Waals surface area contributed by atoms with Crippen molar-refractivity contribution in [2.45, 2.75) is 18.6 Å². The van der Waals surface area contributed by atoms with Crippen LogP contribution in [0.25, 0.3) is 0 Å². The summed E-state index contributed by atoms with van der Waals surface area (Å²) >= 11 is 0. The fraction of sp³-hybridized carbons (Fsp3) is 0.500. The first-order chi connectivity index (χ1) is 8.73. The quantitative estimate of drug-likeness (QED) is 0.767. The molecule has 0 atom stereocenters. The second-order valence-corrected chi connectivity index (χ2v) is 4.46. The van der Waals surface area contributed by atoms with Crippen LogP contribution in [0.15, 0.2) is 24.3 Å². The van der Waals surface area contributed by atoms with Crippen molar-refractivity contribution in [1.82, 2.24) is 0 Å². The number of hydrogen-bond donors (Lipinski definition) is 0. The van der Waals surface area contributed by atoms with E-state index in [9.17, 15) is 0 Å². The highest BCUT2D eigenvalue weighted by Gasteiger charge is 2.34. The highest BCUT2D eigenvalue weighted by molar-refractivity contribution is 5.50. The highest BCUT2D eigenvalue weighted by Crippen LogP contribution is 2.29. The van der Waals surface area contributed by atoms with Crippen molar-refractivity contribution in [3.63, 3.8) is 0 Å². The van der Waals surface area contributed by atoms with Gasteiger partial charge in [-0.05, 0) is 24.3 Å². The molecular weight excluding hydrogens is 228 g/mol. The van der Waals surface area contributed by atoms with Gasteiger partial charge in [0.1, 0.15) is 0 Å². The normalized spacial score (nSPS) is 18.4. The van der Waals surface area contributed by atoms with Crippen LogP contribution in [0.4, 0.5) is 5.69 Å². The Kier molecular flexibility index (Phi) is 3.85. The molecule has 1 fully saturated rings. The number of benzene rings is 1. The van der Waals surface area contributed by atoms with Crippen molar-refractivity contribution in [3.05, 3.63) is 29.8 Å². The smallest absolute Gasteiger partial charge is 0.170 e. The van der Waals surface area contributed by atoms with Gasteiger partial charge in [0.15, 0.2) is 5.79 Å². The molecule has 1 saturated heterocycles. The Bertz CT molecular complexity index is 422. The molecule has 2 rings (SSSR count). The summed E-state index contributed by atoms with van der Waals surface area (Å²) in [7, 11) is 3.39. The third-order valence-electron chi connectivity index (χ3n) is 3.63. The van der Waals surface area contributed by atoms with E-state index in [0.29, 0.717) is 5.56 Å². The standard InChI is InChI=1S/C14H18N2O2/c1-17-14(18-2)7-9-16(10-8-14)13-5-3-12(11-15)4-6-13/h3-6H,7-10H2,1-2H3. The van der Waals surface area contributed by atoms with Gasteiger partial charge < -0.3 is 14.4 Å². The lowest BCUT2D eigenvalue weighted by molar-refractivity contribution is -0.216. The lowest BCUT2D eigenvalue weighted by Gasteiger charge is -2.40. The van der Waals surface area contributed by atoms with Crippen molar-refractivity contribution in [3.8, 4) is 6.07 Å². The SMILES string of the molecule is COC1(OC)CCN(c2ccc(C#N)cc2)CC1. The largest absolute Gasteiger partial charge is 0.371 e. The molecule has 96 valence electrons. The van der Waals surface area contributed by atoms with Gasteiger partial charge in [-0.3, -0.25) is 0 Å². The summed E-state index contributed by atoms with van der Waals surface area (Å²) in [5.41, 5.74) is 1.84. The van der Waals surface area contributed by atoms with Crippen LogP contribution in [0.1, 0.15) is 18.4 Å². The van der Waals surface area contributed by atoms with Crippen LogP contribution in [-0.4, -0.2) is 33.1 Å². The van der Waals surface area contributed by atoms with Gasteiger partial charge in [-0.15, -0.1) is 0 Å². The topological polar surface area (TPSA) is 45.5 Å². The Hall–Kier alpha value is -1.57. The van der Waals surface area contributed by atoms with E-state index in [1.165, 1.54) is 0 Å². The Morgan fingerprint density at radius 1 is 1.11 bits per heavy atom. The lowest BCUT2D eigenvalue weighted by atomic mass is 10.0. The van der Waals surface area contributed by atoms with Crippen molar-refractivity contribution in [2.24, 2.45) is 0 Å². The number of ether oxygens (including phenoxy) is 2. The number of nitrogens with zero attached hydrogens (tertiary/aromatic N) is 2. The molecule has 4 nitrogen and oxygen atoms in total. The van der Waals surface area contributed by atoms with E-state index >= 15 is 0 Å². The van der Waals surface area contributed by atoms with Crippen LogP contribution in [0.2, 0.25) is 0 Å². The van der Waals surface area contributed by atoms with E-state index in [1.807, 2.05) is 24.3 Å². The van der Waals surface area contributed by atoms with Gasteiger partial charge in [0, 0.05) is 45.8 Å². The fourth-order valence-corrected chi connectivity index (χ4v) is 2.34. The van der Waals surface area contributed by atoms with E-state index in [4.69, 9.17) is 14.7 Å². The predicted octanol–water partition coefficient (Wildman–Crippen LogP) is 2.15. The Balaban J connectivity index is 2.03. The summed E-state index contributed by atoms with van der Waals surface area (Å²) in [4.78, 5) is 2.29. The Labute approximate surface area is 108 Å². The van der Waals surface area contributed by atoms with Crippen molar-refractivity contribution in [1.29, 1.82) is 5.26 Å². The summed E-state index contributed by atoms with van der Waals surface area (Å²) < 4.78 is 10.9. The third-order valence-corrected chi connectivity index (χ3v) is 3.63. The molecule has 4 heteroatoms. The van der Waals surface area contributed by atoms with Crippen LogP contribution in [0.5, 0.6) is 0 Å². The molecule has 0 unspecified atom stereocenters. The molecule has 18 heavy (non-hydrogen) atoms. The Morgan fingerprint density at radius 3 is 2.11 bits per heavy atom. The van der Waals surface area contributed by atoms with Crippen LogP contribution < -0.4 is 4.90 Å². The van der Waals surface area contributed by atoms with Gasteiger partial charge in [-0.2, -0.15) is 5.26 Å².